The Morgan fingerprint density at radius 2 is 1.41 bits per heavy atom. The summed E-state index contributed by atoms with van der Waals surface area (Å²) in [7, 11) is 1.68. The van der Waals surface area contributed by atoms with Crippen molar-refractivity contribution in [3.8, 4) is 5.75 Å². The lowest BCUT2D eigenvalue weighted by atomic mass is 9.80. The Kier molecular flexibility index (Phi) is 4.84. The van der Waals surface area contributed by atoms with Crippen LogP contribution in [0.3, 0.4) is 0 Å². The highest BCUT2D eigenvalue weighted by Crippen LogP contribution is 2.42. The molecule has 2 saturated heterocycles. The molecular formula is C25H24O4. The van der Waals surface area contributed by atoms with Crippen LogP contribution in [-0.2, 0) is 19.8 Å². The average Bonchev–Trinajstić information content (AvgIpc) is 3.48. The predicted molar refractivity (Wildman–Crippen MR) is 110 cm³/mol. The van der Waals surface area contributed by atoms with Crippen molar-refractivity contribution < 1.29 is 18.9 Å². The van der Waals surface area contributed by atoms with E-state index in [-0.39, 0.29) is 18.3 Å². The molecule has 0 spiro atoms. The number of hydrogen-bond acceptors (Lipinski definition) is 4. The number of fused-ring (bicyclic) bond motifs is 1. The lowest BCUT2D eigenvalue weighted by molar-refractivity contribution is -0.0702. The maximum absolute atomic E-state index is 6.80. The fraction of sp³-hybridized carbons (Fsp3) is 0.280. The first kappa shape index (κ1) is 18.4. The highest BCUT2D eigenvalue weighted by atomic mass is 16.7. The molecule has 0 aromatic heterocycles. The topological polar surface area (TPSA) is 40.2 Å². The first-order valence-corrected chi connectivity index (χ1v) is 9.98. The van der Waals surface area contributed by atoms with Gasteiger partial charge < -0.3 is 18.9 Å². The van der Waals surface area contributed by atoms with E-state index < -0.39 is 5.60 Å². The maximum atomic E-state index is 6.80. The van der Waals surface area contributed by atoms with Gasteiger partial charge in [0.15, 0.2) is 0 Å². The van der Waals surface area contributed by atoms with E-state index in [2.05, 4.69) is 36.4 Å². The van der Waals surface area contributed by atoms with E-state index in [1.54, 1.807) is 7.11 Å². The second-order valence-corrected chi connectivity index (χ2v) is 7.46. The summed E-state index contributed by atoms with van der Waals surface area (Å²) in [5.74, 6) is 0.817. The van der Waals surface area contributed by atoms with Gasteiger partial charge in [-0.25, -0.2) is 0 Å². The Labute approximate surface area is 171 Å². The molecule has 3 aromatic rings. The third kappa shape index (κ3) is 3.33. The van der Waals surface area contributed by atoms with E-state index in [9.17, 15) is 0 Å². The Morgan fingerprint density at radius 1 is 0.828 bits per heavy atom. The standard InChI is InChI=1S/C25H24O4/c1-26-21-14-12-20(13-15-21)25(18-8-4-2-5-9-18,19-10-6-3-7-11-19)28-17-22-24-23(29-24)16-27-22/h2-15,22-24H,16-17H2,1H3/t22-,23-,24+/m1/s1. The largest absolute Gasteiger partial charge is 0.497 e. The Bertz CT molecular complexity index is 900. The highest BCUT2D eigenvalue weighted by Gasteiger charge is 2.52. The molecule has 5 rings (SSSR count). The number of benzene rings is 3. The lowest BCUT2D eigenvalue weighted by Gasteiger charge is -2.36. The molecule has 0 N–H and O–H groups in total. The van der Waals surface area contributed by atoms with Crippen molar-refractivity contribution in [2.75, 3.05) is 20.3 Å². The molecule has 0 unspecified atom stereocenters. The van der Waals surface area contributed by atoms with Crippen molar-refractivity contribution >= 4 is 0 Å². The van der Waals surface area contributed by atoms with Gasteiger partial charge in [0.25, 0.3) is 0 Å². The minimum atomic E-state index is -0.759. The molecule has 0 aliphatic carbocycles. The molecule has 0 amide bonds. The van der Waals surface area contributed by atoms with Gasteiger partial charge in [0.2, 0.25) is 0 Å². The van der Waals surface area contributed by atoms with Crippen molar-refractivity contribution in [2.45, 2.75) is 23.9 Å². The molecule has 3 aromatic carbocycles. The van der Waals surface area contributed by atoms with Crippen LogP contribution in [0, 0.1) is 0 Å². The van der Waals surface area contributed by atoms with E-state index in [1.807, 2.05) is 48.5 Å². The molecule has 0 saturated carbocycles. The van der Waals surface area contributed by atoms with E-state index in [0.717, 1.165) is 22.4 Å². The maximum Gasteiger partial charge on any atom is 0.143 e. The van der Waals surface area contributed by atoms with Crippen LogP contribution in [0.1, 0.15) is 16.7 Å². The summed E-state index contributed by atoms with van der Waals surface area (Å²) in [6, 6.07) is 28.8. The van der Waals surface area contributed by atoms with E-state index in [1.165, 1.54) is 0 Å². The number of methoxy groups -OCH3 is 1. The van der Waals surface area contributed by atoms with E-state index >= 15 is 0 Å². The molecule has 2 aliphatic heterocycles. The number of ether oxygens (including phenoxy) is 4. The normalized spacial score (nSPS) is 22.9. The zero-order valence-electron chi connectivity index (χ0n) is 16.4. The molecule has 2 fully saturated rings. The first-order valence-electron chi connectivity index (χ1n) is 9.98. The van der Waals surface area contributed by atoms with Crippen LogP contribution in [0.5, 0.6) is 5.75 Å². The monoisotopic (exact) mass is 388 g/mol. The predicted octanol–water partition coefficient (Wildman–Crippen LogP) is 4.17. The molecule has 29 heavy (non-hydrogen) atoms. The smallest absolute Gasteiger partial charge is 0.143 e. The minimum absolute atomic E-state index is 0.0370. The minimum Gasteiger partial charge on any atom is -0.497 e. The molecule has 2 aliphatic rings. The molecule has 0 radical (unpaired) electrons. The quantitative estimate of drug-likeness (QED) is 0.450. The lowest BCUT2D eigenvalue weighted by Crippen LogP contribution is -2.37. The second kappa shape index (κ2) is 7.64. The van der Waals surface area contributed by atoms with Crippen LogP contribution in [-0.4, -0.2) is 38.6 Å². The third-order valence-corrected chi connectivity index (χ3v) is 5.78. The zero-order valence-corrected chi connectivity index (χ0v) is 16.4. The van der Waals surface area contributed by atoms with Gasteiger partial charge in [-0.15, -0.1) is 0 Å². The summed E-state index contributed by atoms with van der Waals surface area (Å²) in [5, 5.41) is 0. The summed E-state index contributed by atoms with van der Waals surface area (Å²) in [5.41, 5.74) is 2.43. The van der Waals surface area contributed by atoms with E-state index in [0.29, 0.717) is 13.2 Å². The summed E-state index contributed by atoms with van der Waals surface area (Å²) in [6.45, 7) is 1.11. The third-order valence-electron chi connectivity index (χ3n) is 5.78. The molecule has 0 bridgehead atoms. The van der Waals surface area contributed by atoms with Crippen molar-refractivity contribution in [3.05, 3.63) is 102 Å². The molecule has 3 atom stereocenters. The molecular weight excluding hydrogens is 364 g/mol. The molecule has 148 valence electrons. The Morgan fingerprint density at radius 3 is 1.90 bits per heavy atom. The number of rotatable bonds is 7. The van der Waals surface area contributed by atoms with Crippen LogP contribution >= 0.6 is 0 Å². The summed E-state index contributed by atoms with van der Waals surface area (Å²) < 4.78 is 23.7. The van der Waals surface area contributed by atoms with Gasteiger partial charge in [0, 0.05) is 0 Å². The van der Waals surface area contributed by atoms with Crippen molar-refractivity contribution in [3.63, 3.8) is 0 Å². The molecule has 4 heteroatoms. The zero-order chi connectivity index (χ0) is 19.7. The summed E-state index contributed by atoms with van der Waals surface area (Å²) >= 11 is 0. The van der Waals surface area contributed by atoms with Crippen LogP contribution in [0.15, 0.2) is 84.9 Å². The fourth-order valence-electron chi connectivity index (χ4n) is 4.20. The second-order valence-electron chi connectivity index (χ2n) is 7.46. The van der Waals surface area contributed by atoms with E-state index in [4.69, 9.17) is 18.9 Å². The van der Waals surface area contributed by atoms with Gasteiger partial charge in [-0.2, -0.15) is 0 Å². The average molecular weight is 388 g/mol. The van der Waals surface area contributed by atoms with Gasteiger partial charge in [-0.3, -0.25) is 0 Å². The van der Waals surface area contributed by atoms with Crippen LogP contribution in [0.25, 0.3) is 0 Å². The van der Waals surface area contributed by atoms with Crippen LogP contribution < -0.4 is 4.74 Å². The van der Waals surface area contributed by atoms with Gasteiger partial charge in [0.1, 0.15) is 29.7 Å². The van der Waals surface area contributed by atoms with Crippen molar-refractivity contribution in [1.82, 2.24) is 0 Å². The number of hydrogen-bond donors (Lipinski definition) is 0. The highest BCUT2D eigenvalue weighted by molar-refractivity contribution is 5.48. The Balaban J connectivity index is 1.62. The summed E-state index contributed by atoms with van der Waals surface area (Å²) in [4.78, 5) is 0. The number of epoxide rings is 1. The van der Waals surface area contributed by atoms with Crippen LogP contribution in [0.4, 0.5) is 0 Å². The van der Waals surface area contributed by atoms with Gasteiger partial charge in [0.05, 0.1) is 20.3 Å². The first-order chi connectivity index (χ1) is 14.3. The molecule has 2 heterocycles. The Hall–Kier alpha value is -2.66. The van der Waals surface area contributed by atoms with Crippen molar-refractivity contribution in [2.24, 2.45) is 0 Å². The van der Waals surface area contributed by atoms with Gasteiger partial charge in [-0.05, 0) is 28.8 Å². The van der Waals surface area contributed by atoms with Gasteiger partial charge in [-0.1, -0.05) is 72.8 Å². The van der Waals surface area contributed by atoms with Gasteiger partial charge >= 0.3 is 0 Å². The molecule has 4 nitrogen and oxygen atoms in total. The van der Waals surface area contributed by atoms with Crippen LogP contribution in [0.2, 0.25) is 0 Å². The van der Waals surface area contributed by atoms with Crippen molar-refractivity contribution in [1.29, 1.82) is 0 Å². The fourth-order valence-corrected chi connectivity index (χ4v) is 4.20. The summed E-state index contributed by atoms with van der Waals surface area (Å²) in [6.07, 6.45) is 0.368. The SMILES string of the molecule is COc1ccc(C(OC[C@H]2OC[C@H]3O[C@@H]23)(c2ccccc2)c2ccccc2)cc1.